The summed E-state index contributed by atoms with van der Waals surface area (Å²) < 4.78 is 10.7. The Hall–Kier alpha value is -1.75. The third-order valence-electron chi connectivity index (χ3n) is 3.25. The molecule has 1 aliphatic heterocycles. The zero-order valence-corrected chi connectivity index (χ0v) is 11.9. The second-order valence-corrected chi connectivity index (χ2v) is 4.37. The zero-order chi connectivity index (χ0) is 14.1. The predicted octanol–water partition coefficient (Wildman–Crippen LogP) is 0.120. The molecule has 0 amide bonds. The minimum absolute atomic E-state index is 0. The van der Waals surface area contributed by atoms with Gasteiger partial charge in [0.1, 0.15) is 5.52 Å². The molecule has 1 radical (unpaired) electrons. The van der Waals surface area contributed by atoms with Crippen molar-refractivity contribution in [2.45, 2.75) is 0 Å². The van der Waals surface area contributed by atoms with Gasteiger partial charge in [-0.05, 0) is 0 Å². The first kappa shape index (κ1) is 15.6. The predicted molar refractivity (Wildman–Crippen MR) is 76.2 cm³/mol. The van der Waals surface area contributed by atoms with Gasteiger partial charge in [-0.3, -0.25) is 5.10 Å². The van der Waals surface area contributed by atoms with E-state index in [1.807, 2.05) is 4.90 Å². The fourth-order valence-corrected chi connectivity index (χ4v) is 2.31. The molecule has 3 rings (SSSR count). The van der Waals surface area contributed by atoms with Crippen molar-refractivity contribution in [1.29, 1.82) is 0 Å². The molecule has 8 nitrogen and oxygen atoms in total. The van der Waals surface area contributed by atoms with Crippen LogP contribution in [0.25, 0.3) is 10.9 Å². The van der Waals surface area contributed by atoms with E-state index in [4.69, 9.17) is 9.47 Å². The van der Waals surface area contributed by atoms with Gasteiger partial charge in [-0.1, -0.05) is 0 Å². The van der Waals surface area contributed by atoms with E-state index >= 15 is 0 Å². The molecule has 1 fully saturated rings. The first-order valence-corrected chi connectivity index (χ1v) is 6.20. The molecule has 0 bridgehead atoms. The number of rotatable bonds is 3. The number of H-pyrrole nitrogens is 1. The number of nitrogens with zero attached hydrogens (tertiary/aromatic N) is 3. The van der Waals surface area contributed by atoms with E-state index in [-0.39, 0.29) is 24.6 Å². The van der Waals surface area contributed by atoms with Gasteiger partial charge in [0.2, 0.25) is 0 Å². The third kappa shape index (κ3) is 2.70. The number of nitrogens with one attached hydrogen (secondary N) is 1. The largest absolute Gasteiger partial charge is 0.492 e. The molecule has 2 aromatic heterocycles. The number of morpholine rings is 1. The van der Waals surface area contributed by atoms with Crippen molar-refractivity contribution >= 4 is 41.6 Å². The van der Waals surface area contributed by atoms with Crippen LogP contribution in [0.5, 0.6) is 5.75 Å². The Labute approximate surface area is 132 Å². The summed E-state index contributed by atoms with van der Waals surface area (Å²) >= 11 is 0. The van der Waals surface area contributed by atoms with Gasteiger partial charge in [0.25, 0.3) is 0 Å². The number of fused-ring (bicyclic) bond motifs is 1. The van der Waals surface area contributed by atoms with Crippen LogP contribution in [0, 0.1) is 0 Å². The van der Waals surface area contributed by atoms with Gasteiger partial charge in [0.05, 0.1) is 25.7 Å². The fraction of sp³-hybridized carbons (Fsp3) is 0.417. The molecule has 9 heteroatoms. The Morgan fingerprint density at radius 3 is 2.81 bits per heavy atom. The van der Waals surface area contributed by atoms with Gasteiger partial charge in [-0.25, -0.2) is 9.78 Å². The minimum atomic E-state index is -1.11. The minimum Gasteiger partial charge on any atom is -0.492 e. The standard InChI is InChI=1S/C12H14N4O4.Li/c1-19-10-7-6-13-15-8(7)9(12(17)18)14-11(10)16-2-4-20-5-3-16;/h6H,2-5H2,1H3,(H,13,15)(H,17,18);. The average Bonchev–Trinajstić information content (AvgIpc) is 2.95. The van der Waals surface area contributed by atoms with Gasteiger partial charge in [-0.2, -0.15) is 5.10 Å². The second kappa shape index (κ2) is 6.35. The SMILES string of the molecule is COc1c(N2CCOCC2)nc(C(=O)O)c2n[nH]cc12.[Li]. The van der Waals surface area contributed by atoms with Crippen LogP contribution in [-0.4, -0.2) is 78.5 Å². The number of hydrogen-bond donors (Lipinski definition) is 2. The van der Waals surface area contributed by atoms with Crippen molar-refractivity contribution in [3.8, 4) is 5.75 Å². The van der Waals surface area contributed by atoms with Crippen molar-refractivity contribution in [3.05, 3.63) is 11.9 Å². The summed E-state index contributed by atoms with van der Waals surface area (Å²) in [4.78, 5) is 17.5. The smallest absolute Gasteiger partial charge is 0.356 e. The Morgan fingerprint density at radius 1 is 1.48 bits per heavy atom. The van der Waals surface area contributed by atoms with Crippen LogP contribution in [0.15, 0.2) is 6.20 Å². The van der Waals surface area contributed by atoms with E-state index in [1.54, 1.807) is 6.20 Å². The van der Waals surface area contributed by atoms with Crippen LogP contribution < -0.4 is 9.64 Å². The van der Waals surface area contributed by atoms with Gasteiger partial charge in [0, 0.05) is 38.1 Å². The second-order valence-electron chi connectivity index (χ2n) is 4.37. The van der Waals surface area contributed by atoms with E-state index in [1.165, 1.54) is 7.11 Å². The topological polar surface area (TPSA) is 101 Å². The number of aromatic nitrogens is 3. The first-order valence-electron chi connectivity index (χ1n) is 6.20. The molecule has 0 spiro atoms. The molecule has 0 aliphatic carbocycles. The summed E-state index contributed by atoms with van der Waals surface area (Å²) in [6.45, 7) is 2.45. The van der Waals surface area contributed by atoms with E-state index in [2.05, 4.69) is 15.2 Å². The quantitative estimate of drug-likeness (QED) is 0.772. The van der Waals surface area contributed by atoms with Gasteiger partial charge < -0.3 is 19.5 Å². The van der Waals surface area contributed by atoms with Gasteiger partial charge in [0.15, 0.2) is 17.3 Å². The first-order chi connectivity index (χ1) is 9.72. The summed E-state index contributed by atoms with van der Waals surface area (Å²) in [5.41, 5.74) is 0.218. The number of aromatic carboxylic acids is 1. The molecule has 2 aromatic rings. The van der Waals surface area contributed by atoms with Crippen molar-refractivity contribution in [1.82, 2.24) is 15.2 Å². The summed E-state index contributed by atoms with van der Waals surface area (Å²) in [6.07, 6.45) is 1.62. The Bertz CT molecular complexity index is 654. The van der Waals surface area contributed by atoms with Crippen molar-refractivity contribution in [2.24, 2.45) is 0 Å². The van der Waals surface area contributed by atoms with E-state index < -0.39 is 5.97 Å². The van der Waals surface area contributed by atoms with Gasteiger partial charge >= 0.3 is 5.97 Å². The molecular formula is C12H14LiN4O4. The summed E-state index contributed by atoms with van der Waals surface area (Å²) in [6, 6.07) is 0. The summed E-state index contributed by atoms with van der Waals surface area (Å²) in [7, 11) is 1.54. The number of methoxy groups -OCH3 is 1. The molecule has 21 heavy (non-hydrogen) atoms. The van der Waals surface area contributed by atoms with E-state index in [9.17, 15) is 9.90 Å². The van der Waals surface area contributed by atoms with Crippen LogP contribution in [0.3, 0.4) is 0 Å². The molecule has 2 N–H and O–H groups in total. The number of hydrogen-bond acceptors (Lipinski definition) is 6. The number of carboxylic acid groups (broad SMARTS) is 1. The maximum absolute atomic E-state index is 11.3. The van der Waals surface area contributed by atoms with Crippen LogP contribution in [0.2, 0.25) is 0 Å². The molecule has 0 unspecified atom stereocenters. The van der Waals surface area contributed by atoms with Crippen LogP contribution in [0.4, 0.5) is 5.82 Å². The molecule has 1 saturated heterocycles. The number of aromatic amines is 1. The third-order valence-corrected chi connectivity index (χ3v) is 3.25. The number of carboxylic acids is 1. The molecule has 3 heterocycles. The monoisotopic (exact) mass is 285 g/mol. The summed E-state index contributed by atoms with van der Waals surface area (Å²) in [5.74, 6) is -0.0676. The molecule has 107 valence electrons. The van der Waals surface area contributed by atoms with Crippen LogP contribution in [-0.2, 0) is 4.74 Å². The number of ether oxygens (including phenoxy) is 2. The van der Waals surface area contributed by atoms with Crippen LogP contribution in [0.1, 0.15) is 10.5 Å². The molecule has 0 atom stereocenters. The van der Waals surface area contributed by atoms with Crippen LogP contribution >= 0.6 is 0 Å². The Kier molecular flexibility index (Phi) is 4.72. The van der Waals surface area contributed by atoms with E-state index in [0.29, 0.717) is 48.8 Å². The number of anilines is 1. The van der Waals surface area contributed by atoms with Gasteiger partial charge in [-0.15, -0.1) is 0 Å². The van der Waals surface area contributed by atoms with Crippen molar-refractivity contribution < 1.29 is 19.4 Å². The Morgan fingerprint density at radius 2 is 2.19 bits per heavy atom. The van der Waals surface area contributed by atoms with Crippen molar-refractivity contribution in [3.63, 3.8) is 0 Å². The Balaban J connectivity index is 0.00000161. The number of pyridine rings is 1. The van der Waals surface area contributed by atoms with Crippen molar-refractivity contribution in [2.75, 3.05) is 38.3 Å². The maximum Gasteiger partial charge on any atom is 0.356 e. The normalized spacial score (nSPS) is 14.8. The summed E-state index contributed by atoms with van der Waals surface area (Å²) in [5, 5.41) is 16.5. The molecule has 0 saturated carbocycles. The average molecular weight is 285 g/mol. The molecule has 0 aromatic carbocycles. The maximum atomic E-state index is 11.3. The number of carbonyl (C=O) groups is 1. The fourth-order valence-electron chi connectivity index (χ4n) is 2.31. The van der Waals surface area contributed by atoms with E-state index in [0.717, 1.165) is 0 Å². The zero-order valence-electron chi connectivity index (χ0n) is 11.9. The molecule has 1 aliphatic rings. The molecular weight excluding hydrogens is 271 g/mol.